The Morgan fingerprint density at radius 1 is 1.42 bits per heavy atom. The Morgan fingerprint density at radius 2 is 2.16 bits per heavy atom. The highest BCUT2D eigenvalue weighted by atomic mass is 32.2. The van der Waals surface area contributed by atoms with Gasteiger partial charge in [0.1, 0.15) is 10.5 Å². The molecule has 1 fully saturated rings. The Labute approximate surface area is 114 Å². The second-order valence-corrected chi connectivity index (χ2v) is 7.70. The zero-order valence-electron chi connectivity index (χ0n) is 11.3. The quantitative estimate of drug-likeness (QED) is 0.788. The van der Waals surface area contributed by atoms with Crippen LogP contribution >= 0.6 is 0 Å². The molecule has 5 heteroatoms. The zero-order valence-corrected chi connectivity index (χ0v) is 12.2. The third-order valence-electron chi connectivity index (χ3n) is 4.02. The molecule has 0 aromatic carbocycles. The summed E-state index contributed by atoms with van der Waals surface area (Å²) in [4.78, 5) is 11.8. The fourth-order valence-electron chi connectivity index (χ4n) is 3.00. The van der Waals surface area contributed by atoms with Crippen molar-refractivity contribution in [3.63, 3.8) is 0 Å². The van der Waals surface area contributed by atoms with Gasteiger partial charge in [-0.1, -0.05) is 24.3 Å². The summed E-state index contributed by atoms with van der Waals surface area (Å²) in [5, 5.41) is 0. The number of carbonyl (C=O) groups excluding carboxylic acids is 1. The molecule has 106 valence electrons. The normalized spacial score (nSPS) is 34.6. The minimum atomic E-state index is -3.41. The topological polar surface area (TPSA) is 60.4 Å². The zero-order chi connectivity index (χ0) is 14.1. The van der Waals surface area contributed by atoms with Crippen molar-refractivity contribution < 1.29 is 17.9 Å². The monoisotopic (exact) mass is 284 g/mol. The molecular weight excluding hydrogens is 264 g/mol. The first kappa shape index (κ1) is 14.5. The second-order valence-electron chi connectivity index (χ2n) is 5.40. The van der Waals surface area contributed by atoms with E-state index < -0.39 is 20.5 Å². The molecule has 2 aliphatic rings. The van der Waals surface area contributed by atoms with Crippen molar-refractivity contribution >= 4 is 15.6 Å². The molecule has 2 rings (SSSR count). The van der Waals surface area contributed by atoms with Gasteiger partial charge < -0.3 is 4.74 Å². The Morgan fingerprint density at radius 3 is 2.68 bits per heavy atom. The summed E-state index contributed by atoms with van der Waals surface area (Å²) in [6.07, 6.45) is 10.1. The number of Topliss-reactive ketones (excluding diaryl/α,β-unsaturated/α-hetero) is 1. The van der Waals surface area contributed by atoms with Gasteiger partial charge in [-0.3, -0.25) is 4.79 Å². The maximum atomic E-state index is 12.3. The van der Waals surface area contributed by atoms with Crippen LogP contribution in [0.15, 0.2) is 24.3 Å². The van der Waals surface area contributed by atoms with Gasteiger partial charge in [0.2, 0.25) is 0 Å². The fraction of sp³-hybridized carbons (Fsp3) is 0.643. The molecule has 0 saturated carbocycles. The highest BCUT2D eigenvalue weighted by Gasteiger charge is 2.49. The van der Waals surface area contributed by atoms with Crippen molar-refractivity contribution in [2.45, 2.75) is 37.0 Å². The molecular formula is C14H20O4S. The molecule has 3 unspecified atom stereocenters. The molecule has 0 aromatic heterocycles. The van der Waals surface area contributed by atoms with Crippen molar-refractivity contribution in [3.05, 3.63) is 24.3 Å². The van der Waals surface area contributed by atoms with E-state index in [9.17, 15) is 13.2 Å². The van der Waals surface area contributed by atoms with Crippen LogP contribution in [0.1, 0.15) is 26.2 Å². The first-order valence-electron chi connectivity index (χ1n) is 6.54. The van der Waals surface area contributed by atoms with E-state index in [0.717, 1.165) is 12.8 Å². The smallest absolute Gasteiger partial charge is 0.157 e. The van der Waals surface area contributed by atoms with Crippen molar-refractivity contribution in [2.75, 3.05) is 12.9 Å². The largest absolute Gasteiger partial charge is 0.378 e. The predicted octanol–water partition coefficient (Wildman–Crippen LogP) is 1.67. The van der Waals surface area contributed by atoms with Crippen LogP contribution in [0, 0.1) is 5.92 Å². The molecule has 1 aliphatic carbocycles. The minimum Gasteiger partial charge on any atom is -0.378 e. The predicted molar refractivity (Wildman–Crippen MR) is 73.6 cm³/mol. The van der Waals surface area contributed by atoms with E-state index in [2.05, 4.69) is 0 Å². The molecule has 19 heavy (non-hydrogen) atoms. The van der Waals surface area contributed by atoms with Crippen LogP contribution in [0.2, 0.25) is 0 Å². The van der Waals surface area contributed by atoms with Crippen molar-refractivity contribution in [1.29, 1.82) is 0 Å². The SMILES string of the molecule is CC(=O)C1C=CC=CC1(CC1CCCO1)S(C)(=O)=O. The van der Waals surface area contributed by atoms with E-state index in [1.807, 2.05) is 0 Å². The molecule has 3 atom stereocenters. The van der Waals surface area contributed by atoms with Gasteiger partial charge in [0.25, 0.3) is 0 Å². The van der Waals surface area contributed by atoms with Crippen LogP contribution in [0.25, 0.3) is 0 Å². The molecule has 0 N–H and O–H groups in total. The average molecular weight is 284 g/mol. The first-order valence-corrected chi connectivity index (χ1v) is 8.44. The van der Waals surface area contributed by atoms with E-state index in [4.69, 9.17) is 4.74 Å². The molecule has 0 amide bonds. The van der Waals surface area contributed by atoms with Crippen molar-refractivity contribution in [2.24, 2.45) is 5.92 Å². The van der Waals surface area contributed by atoms with Crippen LogP contribution in [0.3, 0.4) is 0 Å². The van der Waals surface area contributed by atoms with Crippen LogP contribution in [0.4, 0.5) is 0 Å². The number of hydrogen-bond acceptors (Lipinski definition) is 4. The van der Waals surface area contributed by atoms with Gasteiger partial charge in [0.05, 0.1) is 12.0 Å². The number of carbonyl (C=O) groups is 1. The lowest BCUT2D eigenvalue weighted by Crippen LogP contribution is -2.48. The van der Waals surface area contributed by atoms with Crippen molar-refractivity contribution in [1.82, 2.24) is 0 Å². The highest BCUT2D eigenvalue weighted by molar-refractivity contribution is 7.92. The van der Waals surface area contributed by atoms with E-state index in [1.165, 1.54) is 13.2 Å². The van der Waals surface area contributed by atoms with E-state index >= 15 is 0 Å². The van der Waals surface area contributed by atoms with Crippen LogP contribution in [0.5, 0.6) is 0 Å². The number of hydrogen-bond donors (Lipinski definition) is 0. The number of ketones is 1. The lowest BCUT2D eigenvalue weighted by atomic mass is 9.80. The van der Waals surface area contributed by atoms with Gasteiger partial charge in [-0.25, -0.2) is 8.42 Å². The Balaban J connectivity index is 2.41. The molecule has 0 bridgehead atoms. The summed E-state index contributed by atoms with van der Waals surface area (Å²) in [5.74, 6) is -0.735. The molecule has 0 radical (unpaired) electrons. The molecule has 0 spiro atoms. The summed E-state index contributed by atoms with van der Waals surface area (Å²) < 4.78 is 29.1. The minimum absolute atomic E-state index is 0.0762. The summed E-state index contributed by atoms with van der Waals surface area (Å²) in [7, 11) is -3.41. The van der Waals surface area contributed by atoms with Gasteiger partial charge in [-0.2, -0.15) is 0 Å². The van der Waals surface area contributed by atoms with Crippen LogP contribution in [-0.2, 0) is 19.4 Å². The average Bonchev–Trinajstić information content (AvgIpc) is 2.80. The van der Waals surface area contributed by atoms with Gasteiger partial charge in [0, 0.05) is 12.9 Å². The van der Waals surface area contributed by atoms with E-state index in [0.29, 0.717) is 13.0 Å². The van der Waals surface area contributed by atoms with Gasteiger partial charge >= 0.3 is 0 Å². The molecule has 4 nitrogen and oxygen atoms in total. The first-order chi connectivity index (χ1) is 8.87. The second kappa shape index (κ2) is 5.21. The maximum absolute atomic E-state index is 12.3. The number of allylic oxidation sites excluding steroid dienone is 3. The number of rotatable bonds is 4. The summed E-state index contributed by atoms with van der Waals surface area (Å²) >= 11 is 0. The van der Waals surface area contributed by atoms with Crippen molar-refractivity contribution in [3.8, 4) is 0 Å². The summed E-state index contributed by atoms with van der Waals surface area (Å²) in [6, 6.07) is 0. The Hall–Kier alpha value is -0.940. The van der Waals surface area contributed by atoms with Crippen LogP contribution in [-0.4, -0.2) is 37.9 Å². The third-order valence-corrected chi connectivity index (χ3v) is 5.96. The maximum Gasteiger partial charge on any atom is 0.157 e. The van der Waals surface area contributed by atoms with E-state index in [1.54, 1.807) is 24.3 Å². The molecule has 1 aliphatic heterocycles. The van der Waals surface area contributed by atoms with E-state index in [-0.39, 0.29) is 11.9 Å². The fourth-order valence-corrected chi connectivity index (χ4v) is 4.52. The van der Waals surface area contributed by atoms with Crippen LogP contribution < -0.4 is 0 Å². The van der Waals surface area contributed by atoms with Gasteiger partial charge in [-0.15, -0.1) is 0 Å². The Kier molecular flexibility index (Phi) is 3.97. The molecule has 1 heterocycles. The standard InChI is InChI=1S/C14H20O4S/c1-11(15)13-7-3-4-8-14(13,19(2,16)17)10-12-6-5-9-18-12/h3-4,7-8,12-13H,5-6,9-10H2,1-2H3. The lowest BCUT2D eigenvalue weighted by molar-refractivity contribution is -0.120. The molecule has 0 aromatic rings. The lowest BCUT2D eigenvalue weighted by Gasteiger charge is -2.37. The third kappa shape index (κ3) is 2.67. The molecule has 1 saturated heterocycles. The summed E-state index contributed by atoms with van der Waals surface area (Å²) in [6.45, 7) is 2.12. The Bertz CT molecular complexity index is 512. The number of ether oxygens (including phenoxy) is 1. The van der Waals surface area contributed by atoms with Gasteiger partial charge in [0.15, 0.2) is 9.84 Å². The van der Waals surface area contributed by atoms with Gasteiger partial charge in [-0.05, 0) is 26.2 Å². The number of sulfone groups is 1. The highest BCUT2D eigenvalue weighted by Crippen LogP contribution is 2.39. The summed E-state index contributed by atoms with van der Waals surface area (Å²) in [5.41, 5.74) is 0.